The topological polar surface area (TPSA) is 3.24 Å². The quantitative estimate of drug-likeness (QED) is 0.463. The van der Waals surface area contributed by atoms with Crippen LogP contribution in [0, 0.1) is 0 Å². The van der Waals surface area contributed by atoms with Crippen LogP contribution < -0.4 is 0 Å². The Morgan fingerprint density at radius 3 is 2.33 bits per heavy atom. The van der Waals surface area contributed by atoms with E-state index in [4.69, 9.17) is 0 Å². The lowest BCUT2D eigenvalue weighted by Gasteiger charge is -2.26. The lowest BCUT2D eigenvalue weighted by Crippen LogP contribution is -2.25. The molecular weight excluding hydrogens is 162 g/mol. The molecule has 1 nitrogen and oxygen atoms in total. The largest absolute Gasteiger partial charge is 0.302 e. The maximum atomic E-state index is 4.14. The second kappa shape index (κ2) is 4.82. The van der Waals surface area contributed by atoms with Gasteiger partial charge in [0.2, 0.25) is 0 Å². The van der Waals surface area contributed by atoms with Crippen molar-refractivity contribution in [3.05, 3.63) is 12.2 Å². The Morgan fingerprint density at radius 1 is 1.50 bits per heavy atom. The SMILES string of the molecule is C=C(CN(C)CCC)C(C)(C)[SiH3]. The van der Waals surface area contributed by atoms with Gasteiger partial charge in [0, 0.05) is 16.8 Å². The van der Waals surface area contributed by atoms with E-state index in [0.717, 1.165) is 6.54 Å². The fourth-order valence-corrected chi connectivity index (χ4v) is 1.18. The molecule has 0 aliphatic heterocycles. The molecule has 0 saturated heterocycles. The minimum absolute atomic E-state index is 0.391. The fraction of sp³-hybridized carbons (Fsp3) is 0.800. The van der Waals surface area contributed by atoms with Gasteiger partial charge in [0.25, 0.3) is 0 Å². The van der Waals surface area contributed by atoms with E-state index in [1.165, 1.54) is 28.8 Å². The zero-order valence-corrected chi connectivity index (χ0v) is 11.3. The van der Waals surface area contributed by atoms with Crippen LogP contribution in [0.15, 0.2) is 12.2 Å². The fourth-order valence-electron chi connectivity index (χ4n) is 1.02. The van der Waals surface area contributed by atoms with E-state index in [0.29, 0.717) is 5.04 Å². The van der Waals surface area contributed by atoms with Crippen molar-refractivity contribution in [1.82, 2.24) is 4.90 Å². The van der Waals surface area contributed by atoms with Crippen LogP contribution >= 0.6 is 0 Å². The molecule has 0 heterocycles. The van der Waals surface area contributed by atoms with Crippen LogP contribution in [0.2, 0.25) is 5.04 Å². The van der Waals surface area contributed by atoms with E-state index < -0.39 is 0 Å². The zero-order chi connectivity index (χ0) is 9.78. The van der Waals surface area contributed by atoms with Crippen LogP contribution in [0.4, 0.5) is 0 Å². The Bertz CT molecular complexity index is 146. The van der Waals surface area contributed by atoms with Gasteiger partial charge in [-0.15, -0.1) is 0 Å². The molecule has 0 amide bonds. The summed E-state index contributed by atoms with van der Waals surface area (Å²) in [6.45, 7) is 13.1. The van der Waals surface area contributed by atoms with Gasteiger partial charge < -0.3 is 4.90 Å². The molecule has 0 atom stereocenters. The van der Waals surface area contributed by atoms with Gasteiger partial charge in [0.05, 0.1) is 0 Å². The maximum Gasteiger partial charge on any atom is 0.0189 e. The summed E-state index contributed by atoms with van der Waals surface area (Å²) in [6.07, 6.45) is 1.23. The van der Waals surface area contributed by atoms with E-state index in [2.05, 4.69) is 39.3 Å². The second-order valence-electron chi connectivity index (χ2n) is 4.59. The number of likely N-dealkylation sites (N-methyl/N-ethyl adjacent to an activating group) is 1. The molecule has 0 bridgehead atoms. The third kappa shape index (κ3) is 4.73. The second-order valence-corrected chi connectivity index (χ2v) is 7.09. The van der Waals surface area contributed by atoms with E-state index in [-0.39, 0.29) is 0 Å². The minimum atomic E-state index is 0.391. The van der Waals surface area contributed by atoms with Crippen molar-refractivity contribution in [3.63, 3.8) is 0 Å². The van der Waals surface area contributed by atoms with E-state index in [9.17, 15) is 0 Å². The predicted octanol–water partition coefficient (Wildman–Crippen LogP) is 1.45. The summed E-state index contributed by atoms with van der Waals surface area (Å²) in [4.78, 5) is 2.35. The third-order valence-corrected chi connectivity index (χ3v) is 2.83. The molecule has 0 fully saturated rings. The first-order valence-corrected chi connectivity index (χ1v) is 5.74. The molecule has 72 valence electrons. The zero-order valence-electron chi connectivity index (χ0n) is 9.28. The summed E-state index contributed by atoms with van der Waals surface area (Å²) in [5.74, 6) is 0. The van der Waals surface area contributed by atoms with Gasteiger partial charge in [0.15, 0.2) is 0 Å². The number of nitrogens with zero attached hydrogens (tertiary/aromatic N) is 1. The number of rotatable bonds is 5. The molecule has 0 unspecified atom stereocenters. The summed E-state index contributed by atoms with van der Waals surface area (Å²) in [6, 6.07) is 0. The highest BCUT2D eigenvalue weighted by molar-refractivity contribution is 6.16. The van der Waals surface area contributed by atoms with Crippen molar-refractivity contribution in [3.8, 4) is 0 Å². The van der Waals surface area contributed by atoms with Crippen LogP contribution in [0.5, 0.6) is 0 Å². The summed E-state index contributed by atoms with van der Waals surface area (Å²) in [5.41, 5.74) is 1.38. The maximum absolute atomic E-state index is 4.14. The lowest BCUT2D eigenvalue weighted by atomic mass is 10.0. The molecule has 0 N–H and O–H groups in total. The number of hydrogen-bond donors (Lipinski definition) is 0. The summed E-state index contributed by atoms with van der Waals surface area (Å²) < 4.78 is 0. The van der Waals surface area contributed by atoms with Gasteiger partial charge in [-0.25, -0.2) is 0 Å². The van der Waals surface area contributed by atoms with Gasteiger partial charge in [-0.1, -0.05) is 32.9 Å². The van der Waals surface area contributed by atoms with Crippen molar-refractivity contribution in [2.75, 3.05) is 20.1 Å². The van der Waals surface area contributed by atoms with Crippen LogP contribution in [0.3, 0.4) is 0 Å². The predicted molar refractivity (Wildman–Crippen MR) is 60.9 cm³/mol. The Kier molecular flexibility index (Phi) is 4.79. The molecular formula is C10H23NSi. The van der Waals surface area contributed by atoms with Gasteiger partial charge in [-0.2, -0.15) is 0 Å². The molecule has 0 radical (unpaired) electrons. The van der Waals surface area contributed by atoms with Gasteiger partial charge in [0.1, 0.15) is 0 Å². The highest BCUT2D eigenvalue weighted by Crippen LogP contribution is 2.28. The molecule has 0 aromatic carbocycles. The Hall–Kier alpha value is -0.0831. The lowest BCUT2D eigenvalue weighted by molar-refractivity contribution is 0.354. The molecule has 2 heteroatoms. The molecule has 0 saturated carbocycles. The van der Waals surface area contributed by atoms with Gasteiger partial charge in [-0.3, -0.25) is 0 Å². The first-order valence-electron chi connectivity index (χ1n) is 4.74. The summed E-state index contributed by atoms with van der Waals surface area (Å²) in [5, 5.41) is 0.391. The van der Waals surface area contributed by atoms with Crippen molar-refractivity contribution >= 4 is 10.2 Å². The molecule has 12 heavy (non-hydrogen) atoms. The smallest absolute Gasteiger partial charge is 0.0189 e. The molecule has 0 spiro atoms. The Balaban J connectivity index is 3.85. The van der Waals surface area contributed by atoms with Crippen molar-refractivity contribution in [2.24, 2.45) is 0 Å². The highest BCUT2D eigenvalue weighted by Gasteiger charge is 2.15. The minimum Gasteiger partial charge on any atom is -0.302 e. The Labute approximate surface area is 80.3 Å². The first-order chi connectivity index (χ1) is 5.38. The van der Waals surface area contributed by atoms with Gasteiger partial charge in [-0.05, 0) is 25.1 Å². The molecule has 0 aromatic rings. The normalized spacial score (nSPS) is 12.4. The average molecular weight is 185 g/mol. The summed E-state index contributed by atoms with van der Waals surface area (Å²) in [7, 11) is 3.36. The molecule has 0 aromatic heterocycles. The van der Waals surface area contributed by atoms with Crippen molar-refractivity contribution in [2.45, 2.75) is 32.2 Å². The average Bonchev–Trinajstić information content (AvgIpc) is 1.85. The van der Waals surface area contributed by atoms with E-state index in [1.54, 1.807) is 0 Å². The monoisotopic (exact) mass is 185 g/mol. The highest BCUT2D eigenvalue weighted by atomic mass is 28.1. The molecule has 0 rings (SSSR count). The van der Waals surface area contributed by atoms with Crippen LogP contribution in [-0.4, -0.2) is 35.3 Å². The van der Waals surface area contributed by atoms with E-state index in [1.807, 2.05) is 0 Å². The standard InChI is InChI=1S/C10H23NSi/c1-6-7-11(5)8-9(2)10(3,4)12/h2,6-8H2,1,3-5,12H3. The molecule has 0 aliphatic rings. The van der Waals surface area contributed by atoms with Crippen LogP contribution in [-0.2, 0) is 0 Å². The van der Waals surface area contributed by atoms with Gasteiger partial charge >= 0.3 is 0 Å². The Morgan fingerprint density at radius 2 is 2.00 bits per heavy atom. The van der Waals surface area contributed by atoms with E-state index >= 15 is 0 Å². The van der Waals surface area contributed by atoms with Crippen molar-refractivity contribution in [1.29, 1.82) is 0 Å². The molecule has 0 aliphatic carbocycles. The van der Waals surface area contributed by atoms with Crippen LogP contribution in [0.1, 0.15) is 27.2 Å². The number of hydrogen-bond acceptors (Lipinski definition) is 1. The third-order valence-electron chi connectivity index (χ3n) is 2.13. The van der Waals surface area contributed by atoms with Crippen LogP contribution in [0.25, 0.3) is 0 Å². The summed E-state index contributed by atoms with van der Waals surface area (Å²) >= 11 is 0. The van der Waals surface area contributed by atoms with Crippen molar-refractivity contribution < 1.29 is 0 Å². The first kappa shape index (κ1) is 11.9.